The Morgan fingerprint density at radius 1 is 1.00 bits per heavy atom. The van der Waals surface area contributed by atoms with Crippen molar-refractivity contribution in [3.63, 3.8) is 0 Å². The summed E-state index contributed by atoms with van der Waals surface area (Å²) in [5, 5.41) is 0. The van der Waals surface area contributed by atoms with Crippen molar-refractivity contribution in [1.82, 2.24) is 0 Å². The van der Waals surface area contributed by atoms with E-state index in [1.54, 1.807) is 0 Å². The molecule has 3 heteroatoms. The molecule has 0 unspecified atom stereocenters. The average molecular weight is 131 g/mol. The third-order valence-electron chi connectivity index (χ3n) is 0.827. The van der Waals surface area contributed by atoms with Gasteiger partial charge in [0.2, 0.25) is 0 Å². The Kier molecular flexibility index (Phi) is 11.1. The van der Waals surface area contributed by atoms with Crippen molar-refractivity contribution in [3.05, 3.63) is 0 Å². The van der Waals surface area contributed by atoms with Crippen LogP contribution in [0, 0.1) is 0 Å². The Morgan fingerprint density at radius 3 is 1.57 bits per heavy atom. The van der Waals surface area contributed by atoms with Crippen LogP contribution in [-0.4, -0.2) is 32.1 Å². The average Bonchev–Trinajstić information content (AvgIpc) is 1.76. The second-order valence-corrected chi connectivity index (χ2v) is 1.32. The Balaban J connectivity index is 0. The molecule has 1 rings (SSSR count). The number of ether oxygens (including phenoxy) is 1. The minimum atomic E-state index is 0. The van der Waals surface area contributed by atoms with Crippen molar-refractivity contribution in [2.24, 2.45) is 0 Å². The molecule has 0 amide bonds. The first-order valence-electron chi connectivity index (χ1n) is 2.08. The summed E-state index contributed by atoms with van der Waals surface area (Å²) in [5.74, 6) is 0. The van der Waals surface area contributed by atoms with Crippen molar-refractivity contribution >= 4 is 18.9 Å². The van der Waals surface area contributed by atoms with Crippen LogP contribution in [-0.2, 0) is 22.1 Å². The summed E-state index contributed by atoms with van der Waals surface area (Å²) in [6.07, 6.45) is 2.56. The number of hydrogen-bond acceptors (Lipinski definition) is 1. The second kappa shape index (κ2) is 7.09. The van der Waals surface area contributed by atoms with Crippen molar-refractivity contribution in [1.29, 1.82) is 0 Å². The fourth-order valence-electron chi connectivity index (χ4n) is 0.510. The van der Waals surface area contributed by atoms with E-state index < -0.39 is 0 Å². The molecule has 1 saturated heterocycles. The molecule has 0 aromatic heterocycles. The van der Waals surface area contributed by atoms with Gasteiger partial charge in [0.15, 0.2) is 0 Å². The zero-order valence-corrected chi connectivity index (χ0v) is 5.92. The molecule has 0 bridgehead atoms. The molecule has 0 saturated carbocycles. The molecule has 1 heterocycles. The second-order valence-electron chi connectivity index (χ2n) is 1.32. The van der Waals surface area contributed by atoms with E-state index >= 15 is 0 Å². The predicted molar refractivity (Wildman–Crippen MR) is 25.8 cm³/mol. The van der Waals surface area contributed by atoms with Gasteiger partial charge in [-0.15, -0.1) is 0 Å². The zero-order chi connectivity index (χ0) is 3.54. The van der Waals surface area contributed by atoms with Crippen molar-refractivity contribution in [2.75, 3.05) is 13.2 Å². The van der Waals surface area contributed by atoms with Gasteiger partial charge in [0.25, 0.3) is 0 Å². The van der Waals surface area contributed by atoms with Crippen LogP contribution in [0.4, 0.5) is 0 Å². The molecule has 37 valence electrons. The molecule has 0 spiro atoms. The molecule has 1 aliphatic rings. The Labute approximate surface area is 67.1 Å². The Hall–Kier alpha value is 1.09. The van der Waals surface area contributed by atoms with Crippen LogP contribution in [0.25, 0.3) is 0 Å². The summed E-state index contributed by atoms with van der Waals surface area (Å²) in [4.78, 5) is 0. The third kappa shape index (κ3) is 4.95. The molecular formula is C4H8CrLiO. The van der Waals surface area contributed by atoms with Crippen LogP contribution in [0.3, 0.4) is 0 Å². The van der Waals surface area contributed by atoms with Crippen molar-refractivity contribution in [2.45, 2.75) is 12.8 Å². The van der Waals surface area contributed by atoms with Crippen LogP contribution in [0.1, 0.15) is 12.8 Å². The fraction of sp³-hybridized carbons (Fsp3) is 1.00. The molecule has 1 radical (unpaired) electrons. The van der Waals surface area contributed by atoms with Gasteiger partial charge >= 0.3 is 0 Å². The molecule has 0 N–H and O–H groups in total. The van der Waals surface area contributed by atoms with E-state index in [-0.39, 0.29) is 36.2 Å². The van der Waals surface area contributed by atoms with Crippen LogP contribution < -0.4 is 0 Å². The number of hydrogen-bond donors (Lipinski definition) is 0. The summed E-state index contributed by atoms with van der Waals surface area (Å²) in [6, 6.07) is 0. The Bertz CT molecular complexity index is 23.3. The molecule has 1 fully saturated rings. The first-order valence-corrected chi connectivity index (χ1v) is 2.08. The first kappa shape index (κ1) is 11.0. The maximum Gasteiger partial charge on any atom is 0.0466 e. The summed E-state index contributed by atoms with van der Waals surface area (Å²) >= 11 is 0. The minimum absolute atomic E-state index is 0. The monoisotopic (exact) mass is 131 g/mol. The summed E-state index contributed by atoms with van der Waals surface area (Å²) < 4.78 is 4.94. The molecule has 1 aliphatic heterocycles. The first-order chi connectivity index (χ1) is 2.50. The van der Waals surface area contributed by atoms with Gasteiger partial charge in [0.05, 0.1) is 0 Å². The van der Waals surface area contributed by atoms with E-state index in [1.165, 1.54) is 12.8 Å². The van der Waals surface area contributed by atoms with E-state index in [2.05, 4.69) is 0 Å². The third-order valence-corrected chi connectivity index (χ3v) is 0.827. The van der Waals surface area contributed by atoms with Gasteiger partial charge in [-0.1, -0.05) is 0 Å². The van der Waals surface area contributed by atoms with E-state index in [4.69, 9.17) is 4.74 Å². The van der Waals surface area contributed by atoms with Gasteiger partial charge in [-0.05, 0) is 12.8 Å². The van der Waals surface area contributed by atoms with Crippen LogP contribution in [0.5, 0.6) is 0 Å². The maximum atomic E-state index is 4.94. The molecule has 0 atom stereocenters. The smallest absolute Gasteiger partial charge is 0.0466 e. The van der Waals surface area contributed by atoms with Gasteiger partial charge in [-0.2, -0.15) is 0 Å². The van der Waals surface area contributed by atoms with Crippen LogP contribution in [0.15, 0.2) is 0 Å². The van der Waals surface area contributed by atoms with E-state index in [0.29, 0.717) is 0 Å². The van der Waals surface area contributed by atoms with Crippen molar-refractivity contribution < 1.29 is 22.1 Å². The van der Waals surface area contributed by atoms with Gasteiger partial charge in [0.1, 0.15) is 0 Å². The van der Waals surface area contributed by atoms with E-state index in [0.717, 1.165) is 13.2 Å². The number of rotatable bonds is 0. The van der Waals surface area contributed by atoms with Crippen LogP contribution >= 0.6 is 0 Å². The summed E-state index contributed by atoms with van der Waals surface area (Å²) in [7, 11) is 0. The van der Waals surface area contributed by atoms with Crippen LogP contribution in [0.2, 0.25) is 0 Å². The Morgan fingerprint density at radius 2 is 1.43 bits per heavy atom. The predicted octanol–water partition coefficient (Wildman–Crippen LogP) is 0.413. The topological polar surface area (TPSA) is 9.23 Å². The normalized spacial score (nSPS) is 17.1. The largest absolute Gasteiger partial charge is 0.381 e. The molecule has 0 aliphatic carbocycles. The van der Waals surface area contributed by atoms with Gasteiger partial charge in [-0.25, -0.2) is 0 Å². The molecular weight excluding hydrogens is 123 g/mol. The molecule has 0 aromatic carbocycles. The van der Waals surface area contributed by atoms with Gasteiger partial charge in [-0.3, -0.25) is 0 Å². The minimum Gasteiger partial charge on any atom is -0.381 e. The summed E-state index contributed by atoms with van der Waals surface area (Å²) in [5.41, 5.74) is 0. The fourth-order valence-corrected chi connectivity index (χ4v) is 0.510. The van der Waals surface area contributed by atoms with Gasteiger partial charge in [0, 0.05) is 49.4 Å². The van der Waals surface area contributed by atoms with E-state index in [1.807, 2.05) is 0 Å². The molecule has 1 nitrogen and oxygen atoms in total. The maximum absolute atomic E-state index is 4.94. The molecule has 7 heavy (non-hydrogen) atoms. The quantitative estimate of drug-likeness (QED) is 0.433. The van der Waals surface area contributed by atoms with Gasteiger partial charge < -0.3 is 4.74 Å². The summed E-state index contributed by atoms with van der Waals surface area (Å²) in [6.45, 7) is 2.00. The van der Waals surface area contributed by atoms with E-state index in [9.17, 15) is 0 Å². The van der Waals surface area contributed by atoms with Crippen molar-refractivity contribution in [3.8, 4) is 0 Å². The molecule has 0 aromatic rings. The SMILES string of the molecule is C1CCOC1.[Cr].[Li]. The zero-order valence-electron chi connectivity index (χ0n) is 4.64. The standard InChI is InChI=1S/C4H8O.Cr.Li/c1-2-4-5-3-1;;/h1-4H2;;.